The van der Waals surface area contributed by atoms with Gasteiger partial charge in [0.2, 0.25) is 0 Å². The minimum absolute atomic E-state index is 1.32. The third-order valence-electron chi connectivity index (χ3n) is 2.35. The summed E-state index contributed by atoms with van der Waals surface area (Å²) in [6, 6.07) is 4.48. The Balaban J connectivity index is 3.23. The van der Waals surface area contributed by atoms with Gasteiger partial charge in [0.05, 0.1) is 0 Å². The molecule has 0 bridgehead atoms. The fraction of sp³-hybridized carbons (Fsp3) is 0.286. The van der Waals surface area contributed by atoms with E-state index in [9.17, 15) is 0 Å². The lowest BCUT2D eigenvalue weighted by atomic mass is 9.99. The van der Waals surface area contributed by atoms with E-state index in [0.717, 1.165) is 0 Å². The number of hydrogen-bond donors (Lipinski definition) is 0. The third kappa shape index (κ3) is 2.35. The molecule has 1 aromatic rings. The molecular formula is C14H18. The van der Waals surface area contributed by atoms with E-state index in [1.807, 2.05) is 0 Å². The van der Waals surface area contributed by atoms with Gasteiger partial charge in [-0.15, -0.1) is 0 Å². The summed E-state index contributed by atoms with van der Waals surface area (Å²) in [5, 5.41) is 0. The molecule has 74 valence electrons. The van der Waals surface area contributed by atoms with Gasteiger partial charge in [-0.05, 0) is 49.9 Å². The van der Waals surface area contributed by atoms with Crippen molar-refractivity contribution in [2.45, 2.75) is 27.7 Å². The molecule has 0 aromatic heterocycles. The topological polar surface area (TPSA) is 0 Å². The molecule has 1 rings (SSSR count). The zero-order valence-corrected chi connectivity index (χ0v) is 9.46. The number of aryl methyl sites for hydroxylation is 2. The highest BCUT2D eigenvalue weighted by atomic mass is 14.0. The lowest BCUT2D eigenvalue weighted by Gasteiger charge is -2.06. The van der Waals surface area contributed by atoms with Crippen molar-refractivity contribution in [3.05, 3.63) is 46.5 Å². The summed E-state index contributed by atoms with van der Waals surface area (Å²) in [6.07, 6.45) is 8.47. The van der Waals surface area contributed by atoms with Crippen LogP contribution >= 0.6 is 0 Å². The first kappa shape index (κ1) is 10.8. The Bertz CT molecular complexity index is 330. The van der Waals surface area contributed by atoms with Gasteiger partial charge in [0.25, 0.3) is 0 Å². The van der Waals surface area contributed by atoms with Gasteiger partial charge in [0, 0.05) is 0 Å². The van der Waals surface area contributed by atoms with Crippen LogP contribution in [-0.4, -0.2) is 0 Å². The van der Waals surface area contributed by atoms with Gasteiger partial charge in [-0.1, -0.05) is 36.4 Å². The first-order valence-corrected chi connectivity index (χ1v) is 5.05. The SMILES string of the molecule is CC=Cc1cc(C)c(C=CC)cc1C. The summed E-state index contributed by atoms with van der Waals surface area (Å²) >= 11 is 0. The van der Waals surface area contributed by atoms with Crippen molar-refractivity contribution in [2.24, 2.45) is 0 Å². The number of hydrogen-bond acceptors (Lipinski definition) is 0. The van der Waals surface area contributed by atoms with Crippen LogP contribution in [0.1, 0.15) is 36.1 Å². The van der Waals surface area contributed by atoms with Gasteiger partial charge >= 0.3 is 0 Å². The van der Waals surface area contributed by atoms with Crippen LogP contribution in [0.3, 0.4) is 0 Å². The van der Waals surface area contributed by atoms with E-state index in [1.54, 1.807) is 0 Å². The molecule has 0 aliphatic heterocycles. The molecular weight excluding hydrogens is 168 g/mol. The minimum Gasteiger partial charge on any atom is -0.0871 e. The van der Waals surface area contributed by atoms with E-state index in [-0.39, 0.29) is 0 Å². The number of benzene rings is 1. The van der Waals surface area contributed by atoms with E-state index in [4.69, 9.17) is 0 Å². The Kier molecular flexibility index (Phi) is 3.70. The van der Waals surface area contributed by atoms with E-state index >= 15 is 0 Å². The van der Waals surface area contributed by atoms with Crippen molar-refractivity contribution in [3.63, 3.8) is 0 Å². The van der Waals surface area contributed by atoms with E-state index in [1.165, 1.54) is 22.3 Å². The Hall–Kier alpha value is -1.30. The maximum absolute atomic E-state index is 2.24. The lowest BCUT2D eigenvalue weighted by Crippen LogP contribution is -1.87. The number of allylic oxidation sites excluding steroid dienone is 2. The summed E-state index contributed by atoms with van der Waals surface area (Å²) < 4.78 is 0. The molecule has 0 saturated carbocycles. The molecule has 0 aliphatic rings. The van der Waals surface area contributed by atoms with Gasteiger partial charge in [0.1, 0.15) is 0 Å². The maximum atomic E-state index is 2.24. The van der Waals surface area contributed by atoms with Crippen molar-refractivity contribution in [3.8, 4) is 0 Å². The van der Waals surface area contributed by atoms with Crippen molar-refractivity contribution in [2.75, 3.05) is 0 Å². The average Bonchev–Trinajstić information content (AvgIpc) is 2.14. The lowest BCUT2D eigenvalue weighted by molar-refractivity contribution is 1.35. The highest BCUT2D eigenvalue weighted by molar-refractivity contribution is 5.62. The minimum atomic E-state index is 1.32. The molecule has 0 saturated heterocycles. The first-order chi connectivity index (χ1) is 6.69. The highest BCUT2D eigenvalue weighted by Crippen LogP contribution is 2.18. The zero-order chi connectivity index (χ0) is 10.6. The predicted molar refractivity (Wildman–Crippen MR) is 65.3 cm³/mol. The van der Waals surface area contributed by atoms with Gasteiger partial charge in [0.15, 0.2) is 0 Å². The Morgan fingerprint density at radius 3 is 1.43 bits per heavy atom. The second-order valence-corrected chi connectivity index (χ2v) is 3.57. The van der Waals surface area contributed by atoms with Crippen molar-refractivity contribution < 1.29 is 0 Å². The third-order valence-corrected chi connectivity index (χ3v) is 2.35. The maximum Gasteiger partial charge on any atom is -0.0228 e. The van der Waals surface area contributed by atoms with Crippen LogP contribution in [0.4, 0.5) is 0 Å². The van der Waals surface area contributed by atoms with Crippen LogP contribution < -0.4 is 0 Å². The molecule has 0 heteroatoms. The molecule has 0 aliphatic carbocycles. The summed E-state index contributed by atoms with van der Waals surface area (Å²) in [5.74, 6) is 0. The van der Waals surface area contributed by atoms with E-state index in [2.05, 4.69) is 64.1 Å². The van der Waals surface area contributed by atoms with Gasteiger partial charge < -0.3 is 0 Å². The summed E-state index contributed by atoms with van der Waals surface area (Å²) in [7, 11) is 0. The molecule has 0 radical (unpaired) electrons. The Morgan fingerprint density at radius 1 is 0.786 bits per heavy atom. The van der Waals surface area contributed by atoms with Crippen LogP contribution in [0.5, 0.6) is 0 Å². The molecule has 0 spiro atoms. The van der Waals surface area contributed by atoms with E-state index in [0.29, 0.717) is 0 Å². The molecule has 0 heterocycles. The Morgan fingerprint density at radius 2 is 1.14 bits per heavy atom. The molecule has 0 unspecified atom stereocenters. The highest BCUT2D eigenvalue weighted by Gasteiger charge is 1.99. The van der Waals surface area contributed by atoms with Gasteiger partial charge in [-0.25, -0.2) is 0 Å². The summed E-state index contributed by atoms with van der Waals surface area (Å²) in [4.78, 5) is 0. The number of rotatable bonds is 2. The average molecular weight is 186 g/mol. The van der Waals surface area contributed by atoms with Gasteiger partial charge in [-0.3, -0.25) is 0 Å². The summed E-state index contributed by atoms with van der Waals surface area (Å²) in [5.41, 5.74) is 5.31. The van der Waals surface area contributed by atoms with Crippen LogP contribution in [0.2, 0.25) is 0 Å². The summed E-state index contributed by atoms with van der Waals surface area (Å²) in [6.45, 7) is 8.41. The fourth-order valence-electron chi connectivity index (χ4n) is 1.58. The second-order valence-electron chi connectivity index (χ2n) is 3.57. The van der Waals surface area contributed by atoms with Crippen LogP contribution in [0.25, 0.3) is 12.2 Å². The van der Waals surface area contributed by atoms with Crippen LogP contribution in [0, 0.1) is 13.8 Å². The van der Waals surface area contributed by atoms with Crippen LogP contribution in [0.15, 0.2) is 24.3 Å². The van der Waals surface area contributed by atoms with Crippen molar-refractivity contribution in [1.29, 1.82) is 0 Å². The molecule has 0 N–H and O–H groups in total. The molecule has 0 fully saturated rings. The van der Waals surface area contributed by atoms with Crippen molar-refractivity contribution in [1.82, 2.24) is 0 Å². The normalized spacial score (nSPS) is 11.7. The molecule has 0 nitrogen and oxygen atoms in total. The first-order valence-electron chi connectivity index (χ1n) is 5.05. The standard InChI is InChI=1S/C14H18/c1-5-7-13-9-12(4)14(8-6-2)10-11(13)3/h5-10H,1-4H3. The fourth-order valence-corrected chi connectivity index (χ4v) is 1.58. The predicted octanol–water partition coefficient (Wildman–Crippen LogP) is 4.37. The zero-order valence-electron chi connectivity index (χ0n) is 9.46. The molecule has 14 heavy (non-hydrogen) atoms. The molecule has 0 amide bonds. The smallest absolute Gasteiger partial charge is 0.0228 e. The molecule has 0 atom stereocenters. The molecule has 1 aromatic carbocycles. The van der Waals surface area contributed by atoms with E-state index < -0.39 is 0 Å². The van der Waals surface area contributed by atoms with Gasteiger partial charge in [-0.2, -0.15) is 0 Å². The second kappa shape index (κ2) is 4.80. The Labute approximate surface area is 87.0 Å². The largest absolute Gasteiger partial charge is 0.0871 e. The monoisotopic (exact) mass is 186 g/mol. The quantitative estimate of drug-likeness (QED) is 0.643. The van der Waals surface area contributed by atoms with Crippen LogP contribution in [-0.2, 0) is 0 Å². The van der Waals surface area contributed by atoms with Crippen molar-refractivity contribution >= 4 is 12.2 Å².